The van der Waals surface area contributed by atoms with Gasteiger partial charge < -0.3 is 10.6 Å². The summed E-state index contributed by atoms with van der Waals surface area (Å²) in [4.78, 5) is 2.36. The zero-order valence-corrected chi connectivity index (χ0v) is 11.5. The number of anilines is 1. The smallest absolute Gasteiger partial charge is 0.0513 e. The molecule has 1 aromatic rings. The number of halogens is 2. The highest BCUT2D eigenvalue weighted by atomic mass is 127. The average molecular weight is 367 g/mol. The van der Waals surface area contributed by atoms with Crippen molar-refractivity contribution in [3.63, 3.8) is 0 Å². The van der Waals surface area contributed by atoms with Crippen LogP contribution in [0.3, 0.4) is 0 Å². The summed E-state index contributed by atoms with van der Waals surface area (Å²) >= 11 is 5.87. The summed E-state index contributed by atoms with van der Waals surface area (Å²) in [6.45, 7) is 2.06. The maximum absolute atomic E-state index is 5.89. The summed E-state index contributed by atoms with van der Waals surface area (Å²) < 4.78 is 2.42. The molecule has 76 valence electrons. The minimum Gasteiger partial charge on any atom is -0.369 e. The molecule has 0 spiro atoms. The van der Waals surface area contributed by atoms with Gasteiger partial charge in [-0.15, -0.1) is 0 Å². The van der Waals surface area contributed by atoms with Gasteiger partial charge in [-0.3, -0.25) is 0 Å². The SMILES string of the molecule is NC1CCN(c2cc(Br)ccc2I)C1. The van der Waals surface area contributed by atoms with Gasteiger partial charge in [0, 0.05) is 27.2 Å². The van der Waals surface area contributed by atoms with E-state index in [1.165, 1.54) is 9.26 Å². The van der Waals surface area contributed by atoms with Gasteiger partial charge in [0.05, 0.1) is 5.69 Å². The Kier molecular flexibility index (Phi) is 3.34. The number of rotatable bonds is 1. The maximum atomic E-state index is 5.89. The number of hydrogen-bond donors (Lipinski definition) is 1. The first-order valence-electron chi connectivity index (χ1n) is 4.62. The van der Waals surface area contributed by atoms with Crippen molar-refractivity contribution >= 4 is 44.2 Å². The molecule has 4 heteroatoms. The molecule has 0 amide bonds. The van der Waals surface area contributed by atoms with Crippen molar-refractivity contribution in [1.29, 1.82) is 0 Å². The van der Waals surface area contributed by atoms with Gasteiger partial charge in [0.2, 0.25) is 0 Å². The van der Waals surface area contributed by atoms with E-state index in [0.717, 1.165) is 24.0 Å². The van der Waals surface area contributed by atoms with Crippen molar-refractivity contribution in [2.45, 2.75) is 12.5 Å². The zero-order chi connectivity index (χ0) is 10.1. The van der Waals surface area contributed by atoms with Crippen LogP contribution in [-0.2, 0) is 0 Å². The van der Waals surface area contributed by atoms with Crippen LogP contribution in [0, 0.1) is 3.57 Å². The summed E-state index contributed by atoms with van der Waals surface area (Å²) in [5, 5.41) is 0. The van der Waals surface area contributed by atoms with Crippen LogP contribution in [0.5, 0.6) is 0 Å². The van der Waals surface area contributed by atoms with Gasteiger partial charge in [0.1, 0.15) is 0 Å². The highest BCUT2D eigenvalue weighted by molar-refractivity contribution is 14.1. The topological polar surface area (TPSA) is 29.3 Å². The monoisotopic (exact) mass is 366 g/mol. The van der Waals surface area contributed by atoms with Gasteiger partial charge in [-0.25, -0.2) is 0 Å². The Morgan fingerprint density at radius 2 is 2.29 bits per heavy atom. The van der Waals surface area contributed by atoms with E-state index in [0.29, 0.717) is 6.04 Å². The van der Waals surface area contributed by atoms with E-state index >= 15 is 0 Å². The molecule has 1 aliphatic rings. The second-order valence-electron chi connectivity index (χ2n) is 3.59. The molecule has 2 N–H and O–H groups in total. The highest BCUT2D eigenvalue weighted by Gasteiger charge is 2.20. The Morgan fingerprint density at radius 3 is 2.93 bits per heavy atom. The summed E-state index contributed by atoms with van der Waals surface area (Å²) in [6, 6.07) is 6.70. The lowest BCUT2D eigenvalue weighted by molar-refractivity contribution is 0.752. The van der Waals surface area contributed by atoms with Gasteiger partial charge in [0.15, 0.2) is 0 Å². The first-order chi connectivity index (χ1) is 6.66. The predicted octanol–water partition coefficient (Wildman–Crippen LogP) is 2.59. The third kappa shape index (κ3) is 2.23. The molecular formula is C10H12BrIN2. The standard InChI is InChI=1S/C10H12BrIN2/c11-7-1-2-9(12)10(5-7)14-4-3-8(13)6-14/h1-2,5,8H,3-4,6,13H2. The molecule has 2 nitrogen and oxygen atoms in total. The summed E-state index contributed by atoms with van der Waals surface area (Å²) in [5.74, 6) is 0. The fourth-order valence-electron chi connectivity index (χ4n) is 1.73. The third-order valence-corrected chi connectivity index (χ3v) is 3.88. The van der Waals surface area contributed by atoms with E-state index < -0.39 is 0 Å². The average Bonchev–Trinajstić information content (AvgIpc) is 2.56. The minimum atomic E-state index is 0.338. The molecular weight excluding hydrogens is 355 g/mol. The fraction of sp³-hybridized carbons (Fsp3) is 0.400. The molecule has 0 radical (unpaired) electrons. The lowest BCUT2D eigenvalue weighted by atomic mass is 10.3. The fourth-order valence-corrected chi connectivity index (χ4v) is 2.76. The Morgan fingerprint density at radius 1 is 1.50 bits per heavy atom. The van der Waals surface area contributed by atoms with Crippen LogP contribution >= 0.6 is 38.5 Å². The second-order valence-corrected chi connectivity index (χ2v) is 5.67. The zero-order valence-electron chi connectivity index (χ0n) is 7.71. The largest absolute Gasteiger partial charge is 0.369 e. The maximum Gasteiger partial charge on any atom is 0.0513 e. The van der Waals surface area contributed by atoms with Crippen molar-refractivity contribution in [3.8, 4) is 0 Å². The van der Waals surface area contributed by atoms with E-state index in [1.807, 2.05) is 0 Å². The van der Waals surface area contributed by atoms with E-state index in [-0.39, 0.29) is 0 Å². The summed E-state index contributed by atoms with van der Waals surface area (Å²) in [7, 11) is 0. The molecule has 0 bridgehead atoms. The van der Waals surface area contributed by atoms with Gasteiger partial charge in [-0.1, -0.05) is 15.9 Å². The Balaban J connectivity index is 2.27. The Hall–Kier alpha value is 0.190. The van der Waals surface area contributed by atoms with Crippen molar-refractivity contribution in [2.75, 3.05) is 18.0 Å². The minimum absolute atomic E-state index is 0.338. The van der Waals surface area contributed by atoms with Crippen molar-refractivity contribution < 1.29 is 0 Å². The predicted molar refractivity (Wildman–Crippen MR) is 71.7 cm³/mol. The van der Waals surface area contributed by atoms with E-state index in [1.54, 1.807) is 0 Å². The molecule has 14 heavy (non-hydrogen) atoms. The number of benzene rings is 1. The molecule has 0 saturated carbocycles. The van der Waals surface area contributed by atoms with Gasteiger partial charge in [-0.05, 0) is 47.2 Å². The first-order valence-corrected chi connectivity index (χ1v) is 6.49. The van der Waals surface area contributed by atoms with Crippen LogP contribution in [0.1, 0.15) is 6.42 Å². The number of nitrogens with two attached hydrogens (primary N) is 1. The van der Waals surface area contributed by atoms with Crippen LogP contribution in [0.25, 0.3) is 0 Å². The molecule has 1 saturated heterocycles. The first kappa shape index (κ1) is 10.7. The summed E-state index contributed by atoms with van der Waals surface area (Å²) in [6.07, 6.45) is 1.10. The normalized spacial score (nSPS) is 21.6. The Bertz CT molecular complexity index is 343. The highest BCUT2D eigenvalue weighted by Crippen LogP contribution is 2.28. The van der Waals surface area contributed by atoms with Gasteiger partial charge >= 0.3 is 0 Å². The molecule has 1 unspecified atom stereocenters. The van der Waals surface area contributed by atoms with Crippen LogP contribution in [0.15, 0.2) is 22.7 Å². The molecule has 1 heterocycles. The number of hydrogen-bond acceptors (Lipinski definition) is 2. The van der Waals surface area contributed by atoms with Gasteiger partial charge in [-0.2, -0.15) is 0 Å². The molecule has 2 rings (SSSR count). The van der Waals surface area contributed by atoms with Crippen molar-refractivity contribution in [3.05, 3.63) is 26.2 Å². The van der Waals surface area contributed by atoms with Crippen LogP contribution in [0.4, 0.5) is 5.69 Å². The van der Waals surface area contributed by atoms with E-state index in [4.69, 9.17) is 5.73 Å². The second kappa shape index (κ2) is 4.37. The molecule has 1 aliphatic heterocycles. The van der Waals surface area contributed by atoms with E-state index in [9.17, 15) is 0 Å². The lowest BCUT2D eigenvalue weighted by Gasteiger charge is -2.19. The quantitative estimate of drug-likeness (QED) is 0.774. The lowest BCUT2D eigenvalue weighted by Crippen LogP contribution is -2.26. The number of nitrogens with zero attached hydrogens (tertiary/aromatic N) is 1. The third-order valence-electron chi connectivity index (χ3n) is 2.47. The molecule has 1 fully saturated rings. The van der Waals surface area contributed by atoms with E-state index in [2.05, 4.69) is 61.6 Å². The summed E-state index contributed by atoms with van der Waals surface area (Å²) in [5.41, 5.74) is 7.19. The van der Waals surface area contributed by atoms with Crippen LogP contribution in [0.2, 0.25) is 0 Å². The van der Waals surface area contributed by atoms with Crippen LogP contribution < -0.4 is 10.6 Å². The van der Waals surface area contributed by atoms with Crippen molar-refractivity contribution in [2.24, 2.45) is 5.73 Å². The molecule has 1 aromatic carbocycles. The van der Waals surface area contributed by atoms with Gasteiger partial charge in [0.25, 0.3) is 0 Å². The van der Waals surface area contributed by atoms with Crippen LogP contribution in [-0.4, -0.2) is 19.1 Å². The van der Waals surface area contributed by atoms with Crippen molar-refractivity contribution in [1.82, 2.24) is 0 Å². The molecule has 0 aliphatic carbocycles. The molecule has 0 aromatic heterocycles. The Labute approximate surface area is 106 Å². The molecule has 1 atom stereocenters.